The SMILES string of the molecule is CC[C@H](C)C(N)C(=O)OC[C@H](CN(C)S(C)(=O)=O)OC(C)C. The van der Waals surface area contributed by atoms with E-state index in [4.69, 9.17) is 15.2 Å². The van der Waals surface area contributed by atoms with Crippen LogP contribution in [0.15, 0.2) is 0 Å². The van der Waals surface area contributed by atoms with Crippen LogP contribution in [0.5, 0.6) is 0 Å². The van der Waals surface area contributed by atoms with Gasteiger partial charge < -0.3 is 15.2 Å². The van der Waals surface area contributed by atoms with E-state index in [0.717, 1.165) is 12.7 Å². The monoisotopic (exact) mass is 338 g/mol. The van der Waals surface area contributed by atoms with Crippen molar-refractivity contribution in [3.05, 3.63) is 0 Å². The minimum Gasteiger partial charge on any atom is -0.462 e. The van der Waals surface area contributed by atoms with Gasteiger partial charge in [-0.2, -0.15) is 0 Å². The highest BCUT2D eigenvalue weighted by molar-refractivity contribution is 7.88. The Morgan fingerprint density at radius 3 is 2.23 bits per heavy atom. The Morgan fingerprint density at radius 1 is 1.27 bits per heavy atom. The highest BCUT2D eigenvalue weighted by atomic mass is 32.2. The van der Waals surface area contributed by atoms with Crippen LogP contribution in [-0.2, 0) is 24.3 Å². The molecule has 0 aliphatic carbocycles. The number of hydrogen-bond donors (Lipinski definition) is 1. The molecule has 7 nitrogen and oxygen atoms in total. The van der Waals surface area contributed by atoms with E-state index in [0.29, 0.717) is 0 Å². The molecular weight excluding hydrogens is 308 g/mol. The highest BCUT2D eigenvalue weighted by Crippen LogP contribution is 2.09. The Morgan fingerprint density at radius 2 is 1.82 bits per heavy atom. The van der Waals surface area contributed by atoms with Crippen LogP contribution in [0.2, 0.25) is 0 Å². The van der Waals surface area contributed by atoms with E-state index in [-0.39, 0.29) is 25.2 Å². The number of rotatable bonds is 10. The number of likely N-dealkylation sites (N-methyl/N-ethyl adjacent to an activating group) is 1. The molecule has 0 radical (unpaired) electrons. The van der Waals surface area contributed by atoms with Crippen molar-refractivity contribution in [1.82, 2.24) is 4.31 Å². The third kappa shape index (κ3) is 8.07. The first-order valence-corrected chi connectivity index (χ1v) is 9.32. The van der Waals surface area contributed by atoms with Crippen LogP contribution >= 0.6 is 0 Å². The topological polar surface area (TPSA) is 98.9 Å². The van der Waals surface area contributed by atoms with Gasteiger partial charge in [-0.25, -0.2) is 12.7 Å². The number of carbonyl (C=O) groups excluding carboxylic acids is 1. The minimum atomic E-state index is -3.32. The molecule has 0 saturated carbocycles. The van der Waals surface area contributed by atoms with Gasteiger partial charge in [0.25, 0.3) is 0 Å². The molecule has 0 rings (SSSR count). The summed E-state index contributed by atoms with van der Waals surface area (Å²) in [7, 11) is -1.86. The van der Waals surface area contributed by atoms with Crippen LogP contribution in [0.1, 0.15) is 34.1 Å². The maximum Gasteiger partial charge on any atom is 0.323 e. The van der Waals surface area contributed by atoms with Gasteiger partial charge in [0, 0.05) is 13.6 Å². The molecule has 0 bridgehead atoms. The first-order chi connectivity index (χ1) is 9.98. The molecule has 3 atom stereocenters. The molecule has 0 heterocycles. The second-order valence-electron chi connectivity index (χ2n) is 5.89. The van der Waals surface area contributed by atoms with Gasteiger partial charge in [-0.3, -0.25) is 4.79 Å². The van der Waals surface area contributed by atoms with Gasteiger partial charge in [-0.1, -0.05) is 20.3 Å². The fourth-order valence-electron chi connectivity index (χ4n) is 1.70. The van der Waals surface area contributed by atoms with Crippen LogP contribution in [0.3, 0.4) is 0 Å². The fraction of sp³-hybridized carbons (Fsp3) is 0.929. The molecule has 0 aliphatic rings. The number of nitrogens with zero attached hydrogens (tertiary/aromatic N) is 1. The fourth-order valence-corrected chi connectivity index (χ4v) is 2.14. The molecule has 0 aromatic heterocycles. The number of esters is 1. The number of nitrogens with two attached hydrogens (primary N) is 1. The molecule has 8 heteroatoms. The van der Waals surface area contributed by atoms with Gasteiger partial charge in [0.2, 0.25) is 10.0 Å². The zero-order valence-corrected chi connectivity index (χ0v) is 15.2. The van der Waals surface area contributed by atoms with Gasteiger partial charge in [0.1, 0.15) is 18.8 Å². The molecular formula is C14H30N2O5S. The molecule has 0 fully saturated rings. The van der Waals surface area contributed by atoms with Gasteiger partial charge >= 0.3 is 5.97 Å². The molecule has 0 aromatic carbocycles. The van der Waals surface area contributed by atoms with Crippen molar-refractivity contribution in [3.63, 3.8) is 0 Å². The van der Waals surface area contributed by atoms with Crippen LogP contribution < -0.4 is 5.73 Å². The maximum absolute atomic E-state index is 11.9. The summed E-state index contributed by atoms with van der Waals surface area (Å²) in [6.45, 7) is 7.58. The largest absolute Gasteiger partial charge is 0.462 e. The average molecular weight is 338 g/mol. The van der Waals surface area contributed by atoms with E-state index < -0.39 is 28.1 Å². The Labute approximate surface area is 134 Å². The first kappa shape index (κ1) is 21.3. The van der Waals surface area contributed by atoms with E-state index in [1.165, 1.54) is 11.4 Å². The molecule has 2 N–H and O–H groups in total. The quantitative estimate of drug-likeness (QED) is 0.585. The summed E-state index contributed by atoms with van der Waals surface area (Å²) in [5, 5.41) is 0. The molecule has 0 aliphatic heterocycles. The lowest BCUT2D eigenvalue weighted by molar-refractivity contribution is -0.152. The molecule has 0 amide bonds. The molecule has 0 aromatic rings. The molecule has 132 valence electrons. The number of ether oxygens (including phenoxy) is 2. The summed E-state index contributed by atoms with van der Waals surface area (Å²) < 4.78 is 34.9. The Balaban J connectivity index is 4.64. The molecule has 1 unspecified atom stereocenters. The zero-order chi connectivity index (χ0) is 17.5. The normalized spacial score (nSPS) is 16.6. The predicted octanol–water partition coefficient (Wildman–Crippen LogP) is 0.588. The van der Waals surface area contributed by atoms with Gasteiger partial charge in [0.15, 0.2) is 0 Å². The van der Waals surface area contributed by atoms with Crippen LogP contribution in [0.25, 0.3) is 0 Å². The number of hydrogen-bond acceptors (Lipinski definition) is 6. The third-order valence-electron chi connectivity index (χ3n) is 3.43. The van der Waals surface area contributed by atoms with Crippen LogP contribution in [0, 0.1) is 5.92 Å². The Bertz CT molecular complexity index is 439. The van der Waals surface area contributed by atoms with Crippen molar-refractivity contribution in [3.8, 4) is 0 Å². The predicted molar refractivity (Wildman–Crippen MR) is 85.9 cm³/mol. The van der Waals surface area contributed by atoms with E-state index in [1.807, 2.05) is 27.7 Å². The summed E-state index contributed by atoms with van der Waals surface area (Å²) in [6.07, 6.45) is 1.25. The number of carbonyl (C=O) groups is 1. The van der Waals surface area contributed by atoms with Crippen LogP contribution in [-0.4, -0.2) is 63.4 Å². The van der Waals surface area contributed by atoms with E-state index in [2.05, 4.69) is 0 Å². The minimum absolute atomic E-state index is 0.0238. The summed E-state index contributed by atoms with van der Waals surface area (Å²) in [5.41, 5.74) is 5.81. The van der Waals surface area contributed by atoms with Crippen molar-refractivity contribution in [2.75, 3.05) is 26.5 Å². The average Bonchev–Trinajstić information content (AvgIpc) is 2.40. The smallest absolute Gasteiger partial charge is 0.323 e. The van der Waals surface area contributed by atoms with Crippen molar-refractivity contribution >= 4 is 16.0 Å². The van der Waals surface area contributed by atoms with E-state index >= 15 is 0 Å². The Hall–Kier alpha value is -0.700. The maximum atomic E-state index is 11.9. The van der Waals surface area contributed by atoms with Crippen LogP contribution in [0.4, 0.5) is 0 Å². The van der Waals surface area contributed by atoms with Gasteiger partial charge in [-0.05, 0) is 19.8 Å². The molecule has 0 spiro atoms. The number of sulfonamides is 1. The van der Waals surface area contributed by atoms with Crippen molar-refractivity contribution in [2.45, 2.75) is 52.4 Å². The summed E-state index contributed by atoms with van der Waals surface area (Å²) >= 11 is 0. The summed E-state index contributed by atoms with van der Waals surface area (Å²) in [5.74, 6) is -0.468. The second-order valence-corrected chi connectivity index (χ2v) is 7.98. The lowest BCUT2D eigenvalue weighted by Gasteiger charge is -2.25. The zero-order valence-electron chi connectivity index (χ0n) is 14.4. The van der Waals surface area contributed by atoms with Gasteiger partial charge in [0.05, 0.1) is 12.4 Å². The first-order valence-electron chi connectivity index (χ1n) is 7.48. The van der Waals surface area contributed by atoms with Crippen molar-refractivity contribution in [1.29, 1.82) is 0 Å². The Kier molecular flexibility index (Phi) is 9.14. The standard InChI is InChI=1S/C14H30N2O5S/c1-7-11(4)13(15)14(17)20-9-12(21-10(2)3)8-16(5)22(6,18)19/h10-13H,7-9,15H2,1-6H3/t11-,12-,13?/m0/s1. The van der Waals surface area contributed by atoms with Crippen molar-refractivity contribution in [2.24, 2.45) is 11.7 Å². The molecule has 22 heavy (non-hydrogen) atoms. The lowest BCUT2D eigenvalue weighted by atomic mass is 10.0. The summed E-state index contributed by atoms with van der Waals surface area (Å²) in [4.78, 5) is 11.9. The second kappa shape index (κ2) is 9.44. The van der Waals surface area contributed by atoms with E-state index in [1.54, 1.807) is 0 Å². The lowest BCUT2D eigenvalue weighted by Crippen LogP contribution is -2.42. The van der Waals surface area contributed by atoms with E-state index in [9.17, 15) is 13.2 Å². The highest BCUT2D eigenvalue weighted by Gasteiger charge is 2.24. The third-order valence-corrected chi connectivity index (χ3v) is 4.71. The summed E-state index contributed by atoms with van der Waals surface area (Å²) in [6, 6.07) is -0.683. The molecule has 0 saturated heterocycles. The van der Waals surface area contributed by atoms with Gasteiger partial charge in [-0.15, -0.1) is 0 Å². The van der Waals surface area contributed by atoms with Crippen molar-refractivity contribution < 1.29 is 22.7 Å².